The van der Waals surface area contributed by atoms with Crippen LogP contribution in [0.2, 0.25) is 0 Å². The minimum Gasteiger partial charge on any atom is -0.497 e. The zero-order chi connectivity index (χ0) is 16.5. The summed E-state index contributed by atoms with van der Waals surface area (Å²) in [6.45, 7) is 0. The number of alkyl halides is 6. The fraction of sp³-hybridized carbons (Fsp3) is 0.333. The highest BCUT2D eigenvalue weighted by Gasteiger charge is 2.39. The number of rotatable bonds is 2. The average Bonchev–Trinajstić information content (AvgIpc) is 2.45. The van der Waals surface area contributed by atoms with Crippen molar-refractivity contribution in [3.05, 3.63) is 29.8 Å². The van der Waals surface area contributed by atoms with Crippen molar-refractivity contribution in [1.82, 2.24) is 4.90 Å². The second kappa shape index (κ2) is 6.80. The van der Waals surface area contributed by atoms with Gasteiger partial charge in [0.2, 0.25) is 3.79 Å². The van der Waals surface area contributed by atoms with Gasteiger partial charge in [-0.05, 0) is 17.7 Å². The Morgan fingerprint density at radius 3 is 2.09 bits per heavy atom. The van der Waals surface area contributed by atoms with Gasteiger partial charge < -0.3 is 4.74 Å². The highest BCUT2D eigenvalue weighted by molar-refractivity contribution is 6.77. The number of aliphatic imine (C=N–C) groups is 2. The number of ether oxygens (including phenoxy) is 1. The first-order valence-corrected chi connectivity index (χ1v) is 8.08. The van der Waals surface area contributed by atoms with E-state index in [4.69, 9.17) is 74.3 Å². The molecule has 1 heterocycles. The molecule has 0 aliphatic carbocycles. The van der Waals surface area contributed by atoms with Crippen LogP contribution in [0.4, 0.5) is 0 Å². The van der Waals surface area contributed by atoms with Crippen molar-refractivity contribution in [1.29, 1.82) is 0 Å². The van der Waals surface area contributed by atoms with E-state index in [9.17, 15) is 0 Å². The van der Waals surface area contributed by atoms with Crippen molar-refractivity contribution < 1.29 is 4.74 Å². The lowest BCUT2D eigenvalue weighted by Gasteiger charge is -2.35. The van der Waals surface area contributed by atoms with Gasteiger partial charge in [-0.25, -0.2) is 9.98 Å². The lowest BCUT2D eigenvalue weighted by atomic mass is 10.1. The molecule has 1 unspecified atom stereocenters. The van der Waals surface area contributed by atoms with Crippen LogP contribution in [0.25, 0.3) is 0 Å². The lowest BCUT2D eigenvalue weighted by Crippen LogP contribution is -2.41. The Morgan fingerprint density at radius 2 is 1.64 bits per heavy atom. The molecule has 22 heavy (non-hydrogen) atoms. The maximum atomic E-state index is 5.95. The summed E-state index contributed by atoms with van der Waals surface area (Å²) in [6.07, 6.45) is 0.577. The molecule has 0 fully saturated rings. The van der Waals surface area contributed by atoms with E-state index >= 15 is 0 Å². The molecule has 1 aliphatic rings. The van der Waals surface area contributed by atoms with Crippen molar-refractivity contribution in [3.8, 4) is 5.75 Å². The minimum atomic E-state index is -1.78. The quantitative estimate of drug-likeness (QED) is 0.488. The van der Waals surface area contributed by atoms with Crippen LogP contribution in [-0.4, -0.2) is 31.9 Å². The molecule has 2 rings (SSSR count). The molecule has 0 saturated carbocycles. The third-order valence-electron chi connectivity index (χ3n) is 2.77. The number of amidine groups is 1. The molecule has 120 valence electrons. The van der Waals surface area contributed by atoms with Crippen molar-refractivity contribution in [2.75, 3.05) is 7.11 Å². The molecule has 1 atom stereocenters. The minimum absolute atomic E-state index is 0.00354. The molecule has 4 nitrogen and oxygen atoms in total. The fourth-order valence-electron chi connectivity index (χ4n) is 1.75. The molecule has 1 aromatic carbocycles. The Bertz CT molecular complexity index is 590. The molecule has 10 heteroatoms. The van der Waals surface area contributed by atoms with Crippen LogP contribution in [0.15, 0.2) is 34.3 Å². The summed E-state index contributed by atoms with van der Waals surface area (Å²) in [5.74, 6) is 0.683. The van der Waals surface area contributed by atoms with Gasteiger partial charge in [0, 0.05) is 0 Å². The molecule has 1 aromatic rings. The predicted molar refractivity (Wildman–Crippen MR) is 94.1 cm³/mol. The first-order chi connectivity index (χ1) is 10.1. The van der Waals surface area contributed by atoms with Crippen molar-refractivity contribution in [3.63, 3.8) is 0 Å². The Hall–Kier alpha value is -0.100. The molecule has 0 N–H and O–H groups in total. The van der Waals surface area contributed by atoms with Gasteiger partial charge in [-0.15, -0.1) is 0 Å². The number of nitrogens with zero attached hydrogens (tertiary/aromatic N) is 3. The van der Waals surface area contributed by atoms with Crippen LogP contribution in [0, 0.1) is 0 Å². The number of halogens is 6. The van der Waals surface area contributed by atoms with Crippen LogP contribution in [0.1, 0.15) is 11.7 Å². The standard InChI is InChI=1S/C12H9Cl6N3O/c1-22-8-4-2-7(3-5-8)9-20-10(11(13,14)15)19-6-21(9)12(16,17)18/h2-6,9H,1H3. The van der Waals surface area contributed by atoms with Crippen LogP contribution < -0.4 is 4.74 Å². The topological polar surface area (TPSA) is 37.2 Å². The summed E-state index contributed by atoms with van der Waals surface area (Å²) in [5.41, 5.74) is 0.713. The summed E-state index contributed by atoms with van der Waals surface area (Å²) < 4.78 is 1.56. The van der Waals surface area contributed by atoms with Gasteiger partial charge in [0.05, 0.1) is 13.4 Å². The Morgan fingerprint density at radius 1 is 1.05 bits per heavy atom. The van der Waals surface area contributed by atoms with E-state index in [-0.39, 0.29) is 5.84 Å². The number of benzene rings is 1. The van der Waals surface area contributed by atoms with E-state index in [0.717, 1.165) is 0 Å². The van der Waals surface area contributed by atoms with Crippen LogP contribution in [0.5, 0.6) is 5.75 Å². The SMILES string of the molecule is COc1ccc(C2N=C(C(Cl)(Cl)Cl)N=CN2C(Cl)(Cl)Cl)cc1. The van der Waals surface area contributed by atoms with Gasteiger partial charge in [-0.3, -0.25) is 4.90 Å². The molecule has 0 radical (unpaired) electrons. The first kappa shape index (κ1) is 18.2. The zero-order valence-corrected chi connectivity index (χ0v) is 15.5. The van der Waals surface area contributed by atoms with Crippen LogP contribution >= 0.6 is 69.6 Å². The molecule has 0 saturated heterocycles. The average molecular weight is 424 g/mol. The van der Waals surface area contributed by atoms with Crippen LogP contribution in [0.3, 0.4) is 0 Å². The molecule has 0 bridgehead atoms. The monoisotopic (exact) mass is 421 g/mol. The molecular formula is C12H9Cl6N3O. The van der Waals surface area contributed by atoms with E-state index in [1.807, 2.05) is 0 Å². The predicted octanol–water partition coefficient (Wildman–Crippen LogP) is 5.13. The maximum absolute atomic E-state index is 5.95. The van der Waals surface area contributed by atoms with Gasteiger partial charge >= 0.3 is 0 Å². The van der Waals surface area contributed by atoms with Gasteiger partial charge in [0.25, 0.3) is 3.92 Å². The van der Waals surface area contributed by atoms with Crippen molar-refractivity contribution >= 4 is 81.8 Å². The Balaban J connectivity index is 2.44. The smallest absolute Gasteiger partial charge is 0.270 e. The van der Waals surface area contributed by atoms with Crippen LogP contribution in [-0.2, 0) is 0 Å². The number of methoxy groups -OCH3 is 1. The van der Waals surface area contributed by atoms with E-state index in [1.54, 1.807) is 31.4 Å². The first-order valence-electron chi connectivity index (χ1n) is 5.81. The highest BCUT2D eigenvalue weighted by atomic mass is 35.6. The van der Waals surface area contributed by atoms with Crippen molar-refractivity contribution in [2.45, 2.75) is 13.9 Å². The zero-order valence-electron chi connectivity index (χ0n) is 11.0. The molecule has 0 aromatic heterocycles. The van der Waals surface area contributed by atoms with Gasteiger partial charge in [-0.2, -0.15) is 0 Å². The summed E-state index contributed by atoms with van der Waals surface area (Å²) in [6, 6.07) is 7.04. The number of hydrogen-bond donors (Lipinski definition) is 0. The molecule has 1 aliphatic heterocycles. The summed E-state index contributed by atoms with van der Waals surface area (Å²) >= 11 is 35.3. The Labute approximate surface area is 157 Å². The molecule has 0 spiro atoms. The maximum Gasteiger partial charge on any atom is 0.270 e. The summed E-state index contributed by atoms with van der Waals surface area (Å²) in [4.78, 5) is 9.54. The molecule has 0 amide bonds. The fourth-order valence-corrected chi connectivity index (χ4v) is 2.45. The summed E-state index contributed by atoms with van der Waals surface area (Å²) in [5, 5.41) is 0. The third-order valence-corrected chi connectivity index (χ3v) is 3.87. The highest BCUT2D eigenvalue weighted by Crippen LogP contribution is 2.41. The van der Waals surface area contributed by atoms with E-state index in [1.165, 1.54) is 11.2 Å². The van der Waals surface area contributed by atoms with Gasteiger partial charge in [0.1, 0.15) is 5.75 Å². The summed E-state index contributed by atoms with van der Waals surface area (Å²) in [7, 11) is 1.56. The van der Waals surface area contributed by atoms with E-state index < -0.39 is 13.9 Å². The van der Waals surface area contributed by atoms with Gasteiger partial charge in [-0.1, -0.05) is 81.7 Å². The van der Waals surface area contributed by atoms with E-state index in [2.05, 4.69) is 9.98 Å². The van der Waals surface area contributed by atoms with Crippen molar-refractivity contribution in [2.24, 2.45) is 9.98 Å². The normalized spacial score (nSPS) is 19.1. The van der Waals surface area contributed by atoms with E-state index in [0.29, 0.717) is 11.3 Å². The second-order valence-electron chi connectivity index (χ2n) is 4.22. The van der Waals surface area contributed by atoms with Gasteiger partial charge in [0.15, 0.2) is 12.0 Å². The second-order valence-corrected chi connectivity index (χ2v) is 8.72. The molecular weight excluding hydrogens is 415 g/mol. The number of hydrogen-bond acceptors (Lipinski definition) is 4. The lowest BCUT2D eigenvalue weighted by molar-refractivity contribution is 0.332. The largest absolute Gasteiger partial charge is 0.497 e. The third kappa shape index (κ3) is 4.25. The Kier molecular flexibility index (Phi) is 5.63.